The summed E-state index contributed by atoms with van der Waals surface area (Å²) < 4.78 is 8.63. The normalized spacial score (nSPS) is 12.3. The number of carbonyl (C=O) groups is 1. The van der Waals surface area contributed by atoms with E-state index in [4.69, 9.17) is 16.3 Å². The number of carbonyl (C=O) groups excluding carboxylic acids is 1. The minimum Gasteiger partial charge on any atom is -0.497 e. The third kappa shape index (κ3) is 2.62. The van der Waals surface area contributed by atoms with E-state index in [1.54, 1.807) is 31.2 Å². The lowest BCUT2D eigenvalue weighted by molar-refractivity contribution is 0.0937. The number of benzene rings is 1. The molecule has 0 N–H and O–H groups in total. The minimum atomic E-state index is -0.786. The van der Waals surface area contributed by atoms with Gasteiger partial charge in [0.05, 0.1) is 13.2 Å². The Morgan fingerprint density at radius 1 is 1.15 bits per heavy atom. The van der Waals surface area contributed by atoms with E-state index in [2.05, 4.69) is 4.98 Å². The zero-order valence-electron chi connectivity index (χ0n) is 14.7. The standard InChI is InChI=1S/C17H17ClN4O4/c1-9(13(23)10-5-7-11(26-4)8-6-10)22-12-14(19-16(22)18)20(2)17(25)21(3)15(12)24/h5-9H,1-4H3/t9-/m1/s1. The molecule has 2 aromatic heterocycles. The summed E-state index contributed by atoms with van der Waals surface area (Å²) in [5.41, 5.74) is -0.390. The van der Waals surface area contributed by atoms with Crippen LogP contribution in [0.5, 0.6) is 5.75 Å². The van der Waals surface area contributed by atoms with Gasteiger partial charge >= 0.3 is 5.69 Å². The van der Waals surface area contributed by atoms with Crippen molar-refractivity contribution in [2.45, 2.75) is 13.0 Å². The van der Waals surface area contributed by atoms with E-state index in [-0.39, 0.29) is 22.2 Å². The highest BCUT2D eigenvalue weighted by molar-refractivity contribution is 6.29. The summed E-state index contributed by atoms with van der Waals surface area (Å²) in [5, 5.41) is -0.0346. The molecule has 0 unspecified atom stereocenters. The van der Waals surface area contributed by atoms with Crippen LogP contribution in [-0.2, 0) is 14.1 Å². The summed E-state index contributed by atoms with van der Waals surface area (Å²) in [6, 6.07) is 5.84. The topological polar surface area (TPSA) is 88.1 Å². The summed E-state index contributed by atoms with van der Waals surface area (Å²) in [5.74, 6) is 0.383. The Morgan fingerprint density at radius 3 is 2.35 bits per heavy atom. The predicted octanol–water partition coefficient (Wildman–Crippen LogP) is 1.54. The van der Waals surface area contributed by atoms with E-state index in [0.717, 1.165) is 4.57 Å². The Kier molecular flexibility index (Phi) is 4.45. The van der Waals surface area contributed by atoms with Crippen LogP contribution in [0.25, 0.3) is 11.2 Å². The van der Waals surface area contributed by atoms with Crippen molar-refractivity contribution in [1.82, 2.24) is 18.7 Å². The minimum absolute atomic E-state index is 0.0346. The van der Waals surface area contributed by atoms with E-state index >= 15 is 0 Å². The number of rotatable bonds is 4. The molecule has 0 fully saturated rings. The number of aryl methyl sites for hydroxylation is 1. The molecule has 0 radical (unpaired) electrons. The molecule has 0 saturated heterocycles. The average Bonchev–Trinajstić information content (AvgIpc) is 3.00. The van der Waals surface area contributed by atoms with Gasteiger partial charge in [0.1, 0.15) is 5.75 Å². The van der Waals surface area contributed by atoms with Gasteiger partial charge in [-0.15, -0.1) is 0 Å². The molecule has 9 heteroatoms. The third-order valence-electron chi connectivity index (χ3n) is 4.39. The van der Waals surface area contributed by atoms with Gasteiger partial charge in [0.25, 0.3) is 5.56 Å². The molecule has 2 heterocycles. The van der Waals surface area contributed by atoms with Crippen LogP contribution in [0.2, 0.25) is 5.28 Å². The molecule has 8 nitrogen and oxygen atoms in total. The number of halogens is 1. The zero-order valence-corrected chi connectivity index (χ0v) is 15.4. The van der Waals surface area contributed by atoms with Crippen LogP contribution < -0.4 is 16.0 Å². The van der Waals surface area contributed by atoms with Gasteiger partial charge in [-0.1, -0.05) is 0 Å². The molecule has 0 bridgehead atoms. The van der Waals surface area contributed by atoms with Crippen molar-refractivity contribution in [3.63, 3.8) is 0 Å². The molecule has 0 aliphatic rings. The first-order chi connectivity index (χ1) is 12.3. The second kappa shape index (κ2) is 6.45. The summed E-state index contributed by atoms with van der Waals surface area (Å²) >= 11 is 6.21. The van der Waals surface area contributed by atoms with Crippen molar-refractivity contribution in [2.24, 2.45) is 14.1 Å². The fraction of sp³-hybridized carbons (Fsp3) is 0.294. The Balaban J connectivity index is 2.18. The lowest BCUT2D eigenvalue weighted by atomic mass is 10.1. The molecule has 0 spiro atoms. The molecule has 3 aromatic rings. The summed E-state index contributed by atoms with van der Waals surface area (Å²) in [6.07, 6.45) is 0. The van der Waals surface area contributed by atoms with Crippen molar-refractivity contribution < 1.29 is 9.53 Å². The van der Waals surface area contributed by atoms with E-state index in [0.29, 0.717) is 11.3 Å². The van der Waals surface area contributed by atoms with Crippen molar-refractivity contribution in [1.29, 1.82) is 0 Å². The molecule has 1 aromatic carbocycles. The van der Waals surface area contributed by atoms with Gasteiger partial charge in [0, 0.05) is 19.7 Å². The van der Waals surface area contributed by atoms with E-state index in [1.165, 1.54) is 30.3 Å². The lowest BCUT2D eigenvalue weighted by Crippen LogP contribution is -2.38. The van der Waals surface area contributed by atoms with Crippen molar-refractivity contribution in [3.8, 4) is 5.75 Å². The first kappa shape index (κ1) is 17.9. The second-order valence-electron chi connectivity index (χ2n) is 5.90. The Morgan fingerprint density at radius 2 is 1.77 bits per heavy atom. The fourth-order valence-corrected chi connectivity index (χ4v) is 3.17. The van der Waals surface area contributed by atoms with E-state index in [1.807, 2.05) is 0 Å². The number of hydrogen-bond donors (Lipinski definition) is 0. The molecule has 136 valence electrons. The van der Waals surface area contributed by atoms with Crippen LogP contribution in [0.15, 0.2) is 33.9 Å². The number of nitrogens with zero attached hydrogens (tertiary/aromatic N) is 4. The number of methoxy groups -OCH3 is 1. The quantitative estimate of drug-likeness (QED) is 0.509. The Bertz CT molecular complexity index is 1120. The molecule has 0 saturated carbocycles. The summed E-state index contributed by atoms with van der Waals surface area (Å²) in [4.78, 5) is 41.6. The Labute approximate surface area is 153 Å². The highest BCUT2D eigenvalue weighted by atomic mass is 35.5. The molecule has 0 aliphatic heterocycles. The van der Waals surface area contributed by atoms with Gasteiger partial charge in [-0.25, -0.2) is 4.79 Å². The van der Waals surface area contributed by atoms with E-state index < -0.39 is 17.3 Å². The van der Waals surface area contributed by atoms with Crippen LogP contribution in [0.1, 0.15) is 23.3 Å². The lowest BCUT2D eigenvalue weighted by Gasteiger charge is -2.15. The number of aromatic nitrogens is 4. The summed E-state index contributed by atoms with van der Waals surface area (Å²) in [7, 11) is 4.40. The van der Waals surface area contributed by atoms with Gasteiger partial charge in [0.15, 0.2) is 16.9 Å². The number of hydrogen-bond acceptors (Lipinski definition) is 5. The molecule has 0 aliphatic carbocycles. The number of Topliss-reactive ketones (excluding diaryl/α,β-unsaturated/α-hetero) is 1. The van der Waals surface area contributed by atoms with Crippen molar-refractivity contribution >= 4 is 28.5 Å². The predicted molar refractivity (Wildman–Crippen MR) is 97.3 cm³/mol. The van der Waals surface area contributed by atoms with E-state index in [9.17, 15) is 14.4 Å². The SMILES string of the molecule is COc1ccc(C(=O)[C@@H](C)n2c(Cl)nc3c2c(=O)n(C)c(=O)n3C)cc1. The number of fused-ring (bicyclic) bond motifs is 1. The van der Waals surface area contributed by atoms with Crippen molar-refractivity contribution in [3.05, 3.63) is 56.0 Å². The molecule has 1 atom stereocenters. The average molecular weight is 377 g/mol. The first-order valence-corrected chi connectivity index (χ1v) is 8.17. The van der Waals surface area contributed by atoms with Crippen LogP contribution in [-0.4, -0.2) is 31.6 Å². The molecular formula is C17H17ClN4O4. The highest BCUT2D eigenvalue weighted by Gasteiger charge is 2.26. The maximum atomic E-state index is 12.9. The maximum Gasteiger partial charge on any atom is 0.332 e. The molecular weight excluding hydrogens is 360 g/mol. The largest absolute Gasteiger partial charge is 0.497 e. The van der Waals surface area contributed by atoms with Gasteiger partial charge in [0.2, 0.25) is 5.28 Å². The second-order valence-corrected chi connectivity index (χ2v) is 6.24. The van der Waals surface area contributed by atoms with Crippen LogP contribution in [0.3, 0.4) is 0 Å². The molecule has 26 heavy (non-hydrogen) atoms. The molecule has 3 rings (SSSR count). The maximum absolute atomic E-state index is 12.9. The molecule has 0 amide bonds. The third-order valence-corrected chi connectivity index (χ3v) is 4.66. The van der Waals surface area contributed by atoms with Crippen LogP contribution in [0.4, 0.5) is 0 Å². The van der Waals surface area contributed by atoms with Gasteiger partial charge in [-0.05, 0) is 42.8 Å². The van der Waals surface area contributed by atoms with Crippen LogP contribution >= 0.6 is 11.6 Å². The number of ether oxygens (including phenoxy) is 1. The zero-order chi connectivity index (χ0) is 19.2. The smallest absolute Gasteiger partial charge is 0.332 e. The van der Waals surface area contributed by atoms with Gasteiger partial charge in [-0.2, -0.15) is 4.98 Å². The Hall–Kier alpha value is -2.87. The van der Waals surface area contributed by atoms with Gasteiger partial charge < -0.3 is 4.74 Å². The number of imidazole rings is 1. The van der Waals surface area contributed by atoms with Crippen LogP contribution in [0, 0.1) is 0 Å². The van der Waals surface area contributed by atoms with Crippen molar-refractivity contribution in [2.75, 3.05) is 7.11 Å². The van der Waals surface area contributed by atoms with Gasteiger partial charge in [-0.3, -0.25) is 23.3 Å². The summed E-state index contributed by atoms with van der Waals surface area (Å²) in [6.45, 7) is 1.63. The number of ketones is 1. The monoisotopic (exact) mass is 376 g/mol. The first-order valence-electron chi connectivity index (χ1n) is 7.79. The highest BCUT2D eigenvalue weighted by Crippen LogP contribution is 2.24. The fourth-order valence-electron chi connectivity index (χ4n) is 2.86.